The quantitative estimate of drug-likeness (QED) is 0.123. The Morgan fingerprint density at radius 2 is 1.00 bits per heavy atom. The van der Waals surface area contributed by atoms with Crippen LogP contribution in [0.1, 0.15) is 129 Å². The largest absolute Gasteiger partial charge is 0.469 e. The third-order valence-corrected chi connectivity index (χ3v) is 5.12. The average Bonchev–Trinajstić information content (AvgIpc) is 2.66. The molecule has 0 aromatic heterocycles. The molecule has 154 valence electrons. The van der Waals surface area contributed by atoms with E-state index in [0.717, 1.165) is 6.42 Å². The fourth-order valence-electron chi connectivity index (χ4n) is 3.33. The zero-order valence-corrected chi connectivity index (χ0v) is 17.9. The van der Waals surface area contributed by atoms with Crippen LogP contribution in [0.5, 0.6) is 0 Å². The normalized spacial score (nSPS) is 11.3. The molecule has 2 heteroatoms. The molecule has 0 heterocycles. The van der Waals surface area contributed by atoms with Crippen LogP contribution in [-0.2, 0) is 9.53 Å². The van der Waals surface area contributed by atoms with Crippen LogP contribution < -0.4 is 0 Å². The molecule has 0 aliphatic heterocycles. The molecule has 0 unspecified atom stereocenters. The molecule has 0 amide bonds. The Balaban J connectivity index is 3.08. The van der Waals surface area contributed by atoms with Gasteiger partial charge in [0.1, 0.15) is 0 Å². The number of hydrogen-bond acceptors (Lipinski definition) is 2. The molecule has 0 saturated carbocycles. The van der Waals surface area contributed by atoms with Crippen molar-refractivity contribution in [2.24, 2.45) is 0 Å². The van der Waals surface area contributed by atoms with Crippen LogP contribution in [0.15, 0.2) is 12.2 Å². The van der Waals surface area contributed by atoms with Gasteiger partial charge in [0.25, 0.3) is 0 Å². The fraction of sp³-hybridized carbons (Fsp3) is 0.875. The van der Waals surface area contributed by atoms with Crippen LogP contribution in [0.4, 0.5) is 0 Å². The molecule has 2 nitrogen and oxygen atoms in total. The van der Waals surface area contributed by atoms with Gasteiger partial charge in [-0.15, -0.1) is 0 Å². The van der Waals surface area contributed by atoms with Gasteiger partial charge in [0.15, 0.2) is 0 Å². The second-order valence-corrected chi connectivity index (χ2v) is 7.68. The summed E-state index contributed by atoms with van der Waals surface area (Å²) in [6.07, 6.45) is 29.4. The highest BCUT2D eigenvalue weighted by Gasteiger charge is 1.99. The van der Waals surface area contributed by atoms with Crippen molar-refractivity contribution in [2.75, 3.05) is 7.11 Å². The van der Waals surface area contributed by atoms with Crippen LogP contribution in [0, 0.1) is 0 Å². The van der Waals surface area contributed by atoms with Crippen molar-refractivity contribution in [2.45, 2.75) is 129 Å². The molecule has 0 bridgehead atoms. The van der Waals surface area contributed by atoms with Crippen molar-refractivity contribution in [1.29, 1.82) is 0 Å². The lowest BCUT2D eigenvalue weighted by molar-refractivity contribution is -0.140. The number of methoxy groups -OCH3 is 1. The van der Waals surface area contributed by atoms with Crippen molar-refractivity contribution >= 4 is 5.97 Å². The molecular formula is C24H46O2. The van der Waals surface area contributed by atoms with Gasteiger partial charge in [0.05, 0.1) is 7.11 Å². The van der Waals surface area contributed by atoms with E-state index in [1.165, 1.54) is 116 Å². The Labute approximate surface area is 164 Å². The van der Waals surface area contributed by atoms with Crippen molar-refractivity contribution in [3.05, 3.63) is 12.2 Å². The van der Waals surface area contributed by atoms with E-state index in [0.29, 0.717) is 6.42 Å². The lowest BCUT2D eigenvalue weighted by atomic mass is 10.0. The molecule has 0 rings (SSSR count). The standard InChI is InChI=1S/C24H46O2/c1-3-4-5-6-7-8-9-10-11-12-13-14-15-16-17-18-19-20-21-22-23-24(25)26-2/h10-11H,3-9,12-23H2,1-2H3/b11-10-. The maximum Gasteiger partial charge on any atom is 0.305 e. The monoisotopic (exact) mass is 366 g/mol. The van der Waals surface area contributed by atoms with E-state index in [4.69, 9.17) is 0 Å². The Kier molecular flexibility index (Phi) is 21.6. The van der Waals surface area contributed by atoms with Gasteiger partial charge in [-0.1, -0.05) is 103 Å². The summed E-state index contributed by atoms with van der Waals surface area (Å²) in [5.41, 5.74) is 0. The van der Waals surface area contributed by atoms with Crippen LogP contribution in [0.2, 0.25) is 0 Å². The summed E-state index contributed by atoms with van der Waals surface area (Å²) in [6, 6.07) is 0. The summed E-state index contributed by atoms with van der Waals surface area (Å²) >= 11 is 0. The Hall–Kier alpha value is -0.790. The van der Waals surface area contributed by atoms with Crippen molar-refractivity contribution in [3.8, 4) is 0 Å². The van der Waals surface area contributed by atoms with E-state index in [2.05, 4.69) is 23.8 Å². The Bertz CT molecular complexity index is 309. The summed E-state index contributed by atoms with van der Waals surface area (Å²) in [4.78, 5) is 11.0. The first kappa shape index (κ1) is 25.2. The zero-order valence-electron chi connectivity index (χ0n) is 17.9. The highest BCUT2D eigenvalue weighted by molar-refractivity contribution is 5.68. The minimum Gasteiger partial charge on any atom is -0.469 e. The maximum absolute atomic E-state index is 11.0. The number of carbonyl (C=O) groups is 1. The number of esters is 1. The first-order valence-electron chi connectivity index (χ1n) is 11.5. The topological polar surface area (TPSA) is 26.3 Å². The van der Waals surface area contributed by atoms with Gasteiger partial charge in [0, 0.05) is 6.42 Å². The molecule has 0 aromatic rings. The predicted molar refractivity (Wildman–Crippen MR) is 115 cm³/mol. The van der Waals surface area contributed by atoms with Crippen LogP contribution in [0.3, 0.4) is 0 Å². The van der Waals surface area contributed by atoms with E-state index in [1.807, 2.05) is 0 Å². The number of unbranched alkanes of at least 4 members (excludes halogenated alkanes) is 16. The average molecular weight is 367 g/mol. The van der Waals surface area contributed by atoms with Crippen LogP contribution in [0.25, 0.3) is 0 Å². The molecule has 0 radical (unpaired) electrons. The second-order valence-electron chi connectivity index (χ2n) is 7.68. The lowest BCUT2D eigenvalue weighted by Gasteiger charge is -2.02. The van der Waals surface area contributed by atoms with Gasteiger partial charge in [-0.3, -0.25) is 4.79 Å². The van der Waals surface area contributed by atoms with Crippen molar-refractivity contribution < 1.29 is 9.53 Å². The molecule has 0 saturated heterocycles. The number of allylic oxidation sites excluding steroid dienone is 2. The zero-order chi connectivity index (χ0) is 19.1. The second kappa shape index (κ2) is 22.3. The number of hydrogen-bond donors (Lipinski definition) is 0. The molecule has 0 fully saturated rings. The first-order valence-corrected chi connectivity index (χ1v) is 11.5. The van der Waals surface area contributed by atoms with E-state index < -0.39 is 0 Å². The van der Waals surface area contributed by atoms with Gasteiger partial charge >= 0.3 is 5.97 Å². The SMILES string of the molecule is CCCCCCCC/C=C\CCCCCCCCCCCCC(=O)OC. The number of carbonyl (C=O) groups excluding carboxylic acids is 1. The van der Waals surface area contributed by atoms with Gasteiger partial charge in [0.2, 0.25) is 0 Å². The first-order chi connectivity index (χ1) is 12.8. The smallest absolute Gasteiger partial charge is 0.305 e. The fourth-order valence-corrected chi connectivity index (χ4v) is 3.33. The summed E-state index contributed by atoms with van der Waals surface area (Å²) in [5, 5.41) is 0. The van der Waals surface area contributed by atoms with Gasteiger partial charge in [-0.05, 0) is 32.1 Å². The van der Waals surface area contributed by atoms with Crippen molar-refractivity contribution in [3.63, 3.8) is 0 Å². The maximum atomic E-state index is 11.0. The minimum atomic E-state index is -0.0674. The summed E-state index contributed by atoms with van der Waals surface area (Å²) < 4.78 is 4.65. The van der Waals surface area contributed by atoms with Gasteiger partial charge < -0.3 is 4.74 Å². The Morgan fingerprint density at radius 1 is 0.615 bits per heavy atom. The highest BCUT2D eigenvalue weighted by Crippen LogP contribution is 2.12. The molecule has 0 aromatic carbocycles. The molecule has 0 N–H and O–H groups in total. The number of rotatable bonds is 20. The Morgan fingerprint density at radius 3 is 1.42 bits per heavy atom. The van der Waals surface area contributed by atoms with Crippen LogP contribution in [-0.4, -0.2) is 13.1 Å². The molecule has 0 atom stereocenters. The molecule has 0 aliphatic carbocycles. The predicted octanol–water partition coefficient (Wildman–Crippen LogP) is 8.15. The van der Waals surface area contributed by atoms with E-state index in [1.54, 1.807) is 0 Å². The summed E-state index contributed by atoms with van der Waals surface area (Å²) in [7, 11) is 1.47. The van der Waals surface area contributed by atoms with E-state index in [-0.39, 0.29) is 5.97 Å². The van der Waals surface area contributed by atoms with Gasteiger partial charge in [-0.2, -0.15) is 0 Å². The highest BCUT2D eigenvalue weighted by atomic mass is 16.5. The van der Waals surface area contributed by atoms with Gasteiger partial charge in [-0.25, -0.2) is 0 Å². The molecular weight excluding hydrogens is 320 g/mol. The third kappa shape index (κ3) is 21.3. The summed E-state index contributed by atoms with van der Waals surface area (Å²) in [5.74, 6) is -0.0674. The minimum absolute atomic E-state index is 0.0674. The molecule has 0 spiro atoms. The van der Waals surface area contributed by atoms with Crippen molar-refractivity contribution in [1.82, 2.24) is 0 Å². The lowest BCUT2D eigenvalue weighted by Crippen LogP contribution is -1.99. The van der Waals surface area contributed by atoms with E-state index >= 15 is 0 Å². The van der Waals surface area contributed by atoms with E-state index in [9.17, 15) is 4.79 Å². The molecule has 26 heavy (non-hydrogen) atoms. The number of ether oxygens (including phenoxy) is 1. The summed E-state index contributed by atoms with van der Waals surface area (Å²) in [6.45, 7) is 2.28. The van der Waals surface area contributed by atoms with Crippen LogP contribution >= 0.6 is 0 Å². The third-order valence-electron chi connectivity index (χ3n) is 5.12. The molecule has 0 aliphatic rings.